The molecule has 624 valence electrons. The number of rotatable bonds is 85. The predicted octanol–water partition coefficient (Wildman–Crippen LogP) is 26.2. The van der Waals surface area contributed by atoms with Crippen molar-refractivity contribution in [3.05, 3.63) is 0 Å². The SMILES string of the molecule is CCCCCCCCCCCCCCCCCCCCCCC(=O)O[C@H](COC(=O)CCCCCCCCCCCCCCCCC(C)CC)COP(=O)(O)OC[C@@H](O)COP(=O)(O)OC[C@@H](COC(=O)CCCCCCCCCCCCCCC)OC(=O)CCCCCCCCCCCCCC(C)C. The van der Waals surface area contributed by atoms with Gasteiger partial charge in [-0.05, 0) is 37.5 Å². The highest BCUT2D eigenvalue weighted by molar-refractivity contribution is 7.47. The minimum absolute atomic E-state index is 0.107. The highest BCUT2D eigenvalue weighted by Crippen LogP contribution is 2.45. The maximum absolute atomic E-state index is 13.2. The zero-order valence-corrected chi connectivity index (χ0v) is 70.8. The third-order valence-electron chi connectivity index (χ3n) is 20.6. The number of phosphoric ester groups is 2. The van der Waals surface area contributed by atoms with Crippen LogP contribution in [0.1, 0.15) is 459 Å². The van der Waals surface area contributed by atoms with Gasteiger partial charge >= 0.3 is 39.5 Å². The van der Waals surface area contributed by atoms with Crippen LogP contribution in [0.4, 0.5) is 0 Å². The van der Waals surface area contributed by atoms with Gasteiger partial charge < -0.3 is 33.8 Å². The summed E-state index contributed by atoms with van der Waals surface area (Å²) in [5, 5.41) is 10.7. The lowest BCUT2D eigenvalue weighted by Crippen LogP contribution is -2.30. The van der Waals surface area contributed by atoms with Crippen molar-refractivity contribution in [3.63, 3.8) is 0 Å². The first-order valence-electron chi connectivity index (χ1n) is 44.5. The van der Waals surface area contributed by atoms with Crippen LogP contribution in [0.15, 0.2) is 0 Å². The Kier molecular flexibility index (Phi) is 76.0. The molecule has 3 N–H and O–H groups in total. The average molecular weight is 1540 g/mol. The molecule has 0 amide bonds. The molecule has 17 nitrogen and oxygen atoms in total. The Morgan fingerprint density at radius 3 is 0.724 bits per heavy atom. The number of esters is 4. The van der Waals surface area contributed by atoms with Crippen molar-refractivity contribution < 1.29 is 80.2 Å². The van der Waals surface area contributed by atoms with Crippen molar-refractivity contribution >= 4 is 39.5 Å². The smallest absolute Gasteiger partial charge is 0.462 e. The minimum Gasteiger partial charge on any atom is -0.462 e. The molecule has 0 aromatic rings. The van der Waals surface area contributed by atoms with Gasteiger partial charge in [-0.25, -0.2) is 9.13 Å². The van der Waals surface area contributed by atoms with E-state index in [1.54, 1.807) is 0 Å². The Morgan fingerprint density at radius 1 is 0.276 bits per heavy atom. The first-order valence-corrected chi connectivity index (χ1v) is 47.5. The van der Waals surface area contributed by atoms with Crippen LogP contribution >= 0.6 is 15.6 Å². The highest BCUT2D eigenvalue weighted by atomic mass is 31.2. The summed E-state index contributed by atoms with van der Waals surface area (Å²) in [7, 11) is -9.93. The summed E-state index contributed by atoms with van der Waals surface area (Å²) in [4.78, 5) is 73.3. The number of aliphatic hydroxyl groups is 1. The second kappa shape index (κ2) is 77.4. The third-order valence-corrected chi connectivity index (χ3v) is 22.5. The van der Waals surface area contributed by atoms with Crippen LogP contribution in [0.2, 0.25) is 0 Å². The van der Waals surface area contributed by atoms with Gasteiger partial charge in [-0.3, -0.25) is 37.3 Å². The summed E-state index contributed by atoms with van der Waals surface area (Å²) in [6.07, 6.45) is 69.3. The van der Waals surface area contributed by atoms with Gasteiger partial charge in [-0.2, -0.15) is 0 Å². The van der Waals surface area contributed by atoms with Gasteiger partial charge in [0.2, 0.25) is 0 Å². The molecule has 0 saturated carbocycles. The Morgan fingerprint density at radius 2 is 0.486 bits per heavy atom. The number of unbranched alkanes of at least 4 members (excludes halogenated alkanes) is 54. The fraction of sp³-hybridized carbons (Fsp3) is 0.953. The van der Waals surface area contributed by atoms with Crippen LogP contribution in [-0.4, -0.2) is 96.7 Å². The normalized spacial score (nSPS) is 14.1. The maximum atomic E-state index is 13.2. The first-order chi connectivity index (χ1) is 50.9. The topological polar surface area (TPSA) is 237 Å². The molecule has 105 heavy (non-hydrogen) atoms. The lowest BCUT2D eigenvalue weighted by Gasteiger charge is -2.21. The van der Waals surface area contributed by atoms with Crippen molar-refractivity contribution in [1.82, 2.24) is 0 Å². The summed E-state index contributed by atoms with van der Waals surface area (Å²) in [6.45, 7) is 9.73. The minimum atomic E-state index is -4.97. The van der Waals surface area contributed by atoms with Crippen LogP contribution in [0.3, 0.4) is 0 Å². The number of phosphoric acid groups is 2. The van der Waals surface area contributed by atoms with Crippen molar-refractivity contribution in [2.24, 2.45) is 11.8 Å². The number of ether oxygens (including phenoxy) is 4. The first kappa shape index (κ1) is 103. The van der Waals surface area contributed by atoms with Crippen LogP contribution in [0.25, 0.3) is 0 Å². The number of hydrogen-bond donors (Lipinski definition) is 3. The molecule has 0 fully saturated rings. The molecule has 0 aromatic carbocycles. The maximum Gasteiger partial charge on any atom is 0.472 e. The van der Waals surface area contributed by atoms with Crippen molar-refractivity contribution in [2.45, 2.75) is 477 Å². The molecule has 0 saturated heterocycles. The number of hydrogen-bond acceptors (Lipinski definition) is 15. The summed E-state index contributed by atoms with van der Waals surface area (Å²) in [5.41, 5.74) is 0. The average Bonchev–Trinajstić information content (AvgIpc) is 0.929. The van der Waals surface area contributed by atoms with Gasteiger partial charge in [-0.15, -0.1) is 0 Å². The summed E-state index contributed by atoms with van der Waals surface area (Å²) >= 11 is 0. The Hall–Kier alpha value is -1.94. The summed E-state index contributed by atoms with van der Waals surface area (Å²) in [5.74, 6) is -0.485. The number of carbonyl (C=O) groups is 4. The van der Waals surface area contributed by atoms with Gasteiger partial charge in [-0.1, -0.05) is 408 Å². The summed E-state index contributed by atoms with van der Waals surface area (Å²) < 4.78 is 68.9. The zero-order chi connectivity index (χ0) is 77.1. The Labute approximate surface area is 645 Å². The molecular weight excluding hydrogens is 1370 g/mol. The van der Waals surface area contributed by atoms with E-state index in [2.05, 4.69) is 41.5 Å². The molecule has 0 aliphatic rings. The van der Waals surface area contributed by atoms with Crippen LogP contribution in [0.5, 0.6) is 0 Å². The molecule has 0 rings (SSSR count). The predicted molar refractivity (Wildman–Crippen MR) is 432 cm³/mol. The molecule has 6 atom stereocenters. The molecule has 3 unspecified atom stereocenters. The second-order valence-electron chi connectivity index (χ2n) is 31.6. The molecule has 0 radical (unpaired) electrons. The van der Waals surface area contributed by atoms with E-state index in [1.165, 1.54) is 276 Å². The van der Waals surface area contributed by atoms with Gasteiger partial charge in [0.1, 0.15) is 19.3 Å². The lowest BCUT2D eigenvalue weighted by atomic mass is 9.99. The van der Waals surface area contributed by atoms with E-state index in [-0.39, 0.29) is 25.7 Å². The van der Waals surface area contributed by atoms with E-state index in [0.717, 1.165) is 102 Å². The van der Waals surface area contributed by atoms with Crippen molar-refractivity contribution in [2.75, 3.05) is 39.6 Å². The van der Waals surface area contributed by atoms with E-state index in [0.29, 0.717) is 25.7 Å². The largest absolute Gasteiger partial charge is 0.472 e. The number of carbonyl (C=O) groups excluding carboxylic acids is 4. The van der Waals surface area contributed by atoms with E-state index in [4.69, 9.17) is 37.0 Å². The molecule has 0 aliphatic heterocycles. The molecular formula is C86H168O17P2. The van der Waals surface area contributed by atoms with Crippen molar-refractivity contribution in [3.8, 4) is 0 Å². The standard InChI is InChI=1S/C86H168O17P2/c1-7-10-12-14-16-18-20-22-23-24-25-26-27-28-34-40-46-52-58-64-70-85(90)102-81(74-97-84(89)69-63-57-51-45-39-33-30-29-32-37-43-49-55-61-67-79(6)9-3)76-100-104(92,93)98-72-80(87)73-99-105(94,95)101-77-82(75-96-83(88)68-62-56-50-44-38-31-21-19-17-15-13-11-8-2)103-86(91)71-65-59-53-47-41-35-36-42-48-54-60-66-78(4)5/h78-82,87H,7-77H2,1-6H3,(H,92,93)(H,94,95)/t79?,80-,81-,82-/m1/s1. The van der Waals surface area contributed by atoms with E-state index >= 15 is 0 Å². The van der Waals surface area contributed by atoms with Gasteiger partial charge in [0.05, 0.1) is 26.4 Å². The summed E-state index contributed by atoms with van der Waals surface area (Å²) in [6, 6.07) is 0. The van der Waals surface area contributed by atoms with Crippen LogP contribution < -0.4 is 0 Å². The van der Waals surface area contributed by atoms with Crippen LogP contribution in [-0.2, 0) is 65.4 Å². The van der Waals surface area contributed by atoms with Gasteiger partial charge in [0.15, 0.2) is 12.2 Å². The Bertz CT molecular complexity index is 2010. The third kappa shape index (κ3) is 78.5. The fourth-order valence-electron chi connectivity index (χ4n) is 13.4. The molecule has 19 heteroatoms. The number of aliphatic hydroxyl groups excluding tert-OH is 1. The molecule has 0 heterocycles. The fourth-order valence-corrected chi connectivity index (χ4v) is 15.0. The van der Waals surface area contributed by atoms with E-state index in [1.807, 2.05) is 0 Å². The van der Waals surface area contributed by atoms with E-state index < -0.39 is 97.5 Å². The highest BCUT2D eigenvalue weighted by Gasteiger charge is 2.30. The monoisotopic (exact) mass is 1540 g/mol. The van der Waals surface area contributed by atoms with Gasteiger partial charge in [0, 0.05) is 25.7 Å². The molecule has 0 bridgehead atoms. The van der Waals surface area contributed by atoms with Crippen LogP contribution in [0, 0.1) is 11.8 Å². The molecule has 0 spiro atoms. The molecule has 0 aliphatic carbocycles. The molecule has 0 aromatic heterocycles. The van der Waals surface area contributed by atoms with Gasteiger partial charge in [0.25, 0.3) is 0 Å². The van der Waals surface area contributed by atoms with Crippen molar-refractivity contribution in [1.29, 1.82) is 0 Å². The Balaban J connectivity index is 5.26. The van der Waals surface area contributed by atoms with E-state index in [9.17, 15) is 43.2 Å². The quantitative estimate of drug-likeness (QED) is 0.0222. The zero-order valence-electron chi connectivity index (χ0n) is 69.0. The lowest BCUT2D eigenvalue weighted by molar-refractivity contribution is -0.161. The second-order valence-corrected chi connectivity index (χ2v) is 34.6.